The summed E-state index contributed by atoms with van der Waals surface area (Å²) in [7, 11) is 17.1. The molecule has 3 aromatic heterocycles. The van der Waals surface area contributed by atoms with Gasteiger partial charge in [0.2, 0.25) is 9.23 Å². The molecule has 0 amide bonds. The number of rotatable bonds is 9. The van der Waals surface area contributed by atoms with Crippen LogP contribution in [0.2, 0.25) is 0 Å². The predicted octanol–water partition coefficient (Wildman–Crippen LogP) is 6.78. The SMILES string of the molecule is CC(=O)COc1ccc2oc(=O)ccc2c1.COC.COC.COC.O=C(Cl)COc1ccc2oc(=O)ccc2c1.O=C(O)COc1ccc2oc(=O)ccc2c1.O=S(Cl)Cl. The van der Waals surface area contributed by atoms with Crippen LogP contribution in [0.4, 0.5) is 0 Å². The first-order chi connectivity index (χ1) is 28.9. The fourth-order valence-corrected chi connectivity index (χ4v) is 3.94. The highest BCUT2D eigenvalue weighted by atomic mass is 36.0. The second kappa shape index (κ2) is 32.2. The first kappa shape index (κ1) is 55.4. The zero-order valence-electron chi connectivity index (χ0n) is 33.8. The molecule has 332 valence electrons. The van der Waals surface area contributed by atoms with Crippen molar-refractivity contribution in [2.75, 3.05) is 62.5 Å². The summed E-state index contributed by atoms with van der Waals surface area (Å²) in [5, 5.41) is 10.0. The van der Waals surface area contributed by atoms with Gasteiger partial charge in [-0.25, -0.2) is 23.4 Å². The van der Waals surface area contributed by atoms with Crippen LogP contribution in [0.15, 0.2) is 119 Å². The quantitative estimate of drug-likeness (QED) is 0.116. The largest absolute Gasteiger partial charge is 0.486 e. The third kappa shape index (κ3) is 26.3. The number of carbonyl (C=O) groups excluding carboxylic acids is 2. The van der Waals surface area contributed by atoms with Crippen LogP contribution in [-0.4, -0.2) is 88.8 Å². The Morgan fingerprint density at radius 1 is 0.541 bits per heavy atom. The maximum absolute atomic E-state index is 10.9. The van der Waals surface area contributed by atoms with E-state index in [1.165, 1.54) is 25.1 Å². The molecule has 3 heterocycles. The number of aliphatic carboxylic acids is 1. The van der Waals surface area contributed by atoms with Gasteiger partial charge in [0, 0.05) is 98.4 Å². The van der Waals surface area contributed by atoms with Gasteiger partial charge in [-0.1, -0.05) is 0 Å². The third-order valence-electron chi connectivity index (χ3n) is 5.93. The van der Waals surface area contributed by atoms with E-state index < -0.39 is 38.3 Å². The van der Waals surface area contributed by atoms with Crippen molar-refractivity contribution in [3.05, 3.63) is 122 Å². The fraction of sp³-hybridized carbons (Fsp3) is 0.250. The van der Waals surface area contributed by atoms with Crippen molar-refractivity contribution >= 4 is 92.1 Å². The van der Waals surface area contributed by atoms with E-state index in [1.54, 1.807) is 115 Å². The monoisotopic (exact) mass is 932 g/mol. The highest BCUT2D eigenvalue weighted by Gasteiger charge is 2.04. The number of ketones is 1. The Morgan fingerprint density at radius 2 is 0.820 bits per heavy atom. The van der Waals surface area contributed by atoms with Crippen LogP contribution in [0.3, 0.4) is 0 Å². The van der Waals surface area contributed by atoms with E-state index in [4.69, 9.17) is 48.4 Å². The molecule has 3 aromatic carbocycles. The van der Waals surface area contributed by atoms with Crippen molar-refractivity contribution in [3.63, 3.8) is 0 Å². The van der Waals surface area contributed by atoms with Gasteiger partial charge in [-0.05, 0) is 91.3 Å². The zero-order valence-corrected chi connectivity index (χ0v) is 36.9. The van der Waals surface area contributed by atoms with Gasteiger partial charge in [0.1, 0.15) is 40.6 Å². The molecule has 0 spiro atoms. The van der Waals surface area contributed by atoms with E-state index in [0.717, 1.165) is 10.8 Å². The Bertz CT molecular complexity index is 2190. The molecule has 21 heteroatoms. The summed E-state index contributed by atoms with van der Waals surface area (Å²) in [6.07, 6.45) is 0. The number of Topliss-reactive ketones (excluding diaryl/α,β-unsaturated/α-hetero) is 1. The standard InChI is InChI=1S/C12H10O4.C11H7ClO4.C11H8O5.3C2H6O.Cl2OS/c1-8(13)7-15-10-3-4-11-9(6-10)2-5-12(14)16-11;2*12-10(13)6-15-8-2-3-9-7(5-8)1-4-11(14)16-9;3*1-3-2;1-4(2)3/h2-6H,7H2,1H3;1-5H,6H2;1-5H,6H2,(H,12,13);3*1-2H3;. The molecule has 0 saturated carbocycles. The van der Waals surface area contributed by atoms with Gasteiger partial charge in [-0.3, -0.25) is 9.59 Å². The number of benzene rings is 3. The highest BCUT2D eigenvalue weighted by Crippen LogP contribution is 2.21. The molecule has 0 atom stereocenters. The van der Waals surface area contributed by atoms with Crippen LogP contribution < -0.4 is 31.1 Å². The number of carboxylic acid groups (broad SMARTS) is 1. The molecule has 0 aliphatic heterocycles. The van der Waals surface area contributed by atoms with Crippen LogP contribution in [0.1, 0.15) is 6.92 Å². The molecule has 0 radical (unpaired) electrons. The number of fused-ring (bicyclic) bond motifs is 3. The van der Waals surface area contributed by atoms with E-state index >= 15 is 0 Å². The summed E-state index contributed by atoms with van der Waals surface area (Å²) in [5.41, 5.74) is 0.198. The molecule has 0 bridgehead atoms. The topological polar surface area (TPSA) is 235 Å². The number of ether oxygens (including phenoxy) is 6. The molecule has 6 rings (SSSR count). The Hall–Kier alpha value is -5.60. The zero-order chi connectivity index (χ0) is 46.3. The number of methoxy groups -OCH3 is 3. The average molecular weight is 934 g/mol. The minimum atomic E-state index is -1.67. The number of carboxylic acids is 1. The van der Waals surface area contributed by atoms with Gasteiger partial charge in [0.05, 0.1) is 0 Å². The normalized spacial score (nSPS) is 9.56. The molecule has 61 heavy (non-hydrogen) atoms. The molecular weight excluding hydrogens is 891 g/mol. The van der Waals surface area contributed by atoms with Gasteiger partial charge in [0.15, 0.2) is 19.0 Å². The Labute approximate surface area is 365 Å². The van der Waals surface area contributed by atoms with Gasteiger partial charge in [-0.2, -0.15) is 0 Å². The summed E-state index contributed by atoms with van der Waals surface area (Å²) in [4.78, 5) is 64.3. The fourth-order valence-electron chi connectivity index (χ4n) is 3.89. The Kier molecular flexibility index (Phi) is 29.3. The lowest BCUT2D eigenvalue weighted by Gasteiger charge is -2.04. The summed E-state index contributed by atoms with van der Waals surface area (Å²) in [6.45, 7) is 0.911. The molecule has 0 fully saturated rings. The van der Waals surface area contributed by atoms with E-state index in [9.17, 15) is 28.8 Å². The molecular formula is C40H43Cl3O17S. The summed E-state index contributed by atoms with van der Waals surface area (Å²) >= 11 is 5.14. The average Bonchev–Trinajstić information content (AvgIpc) is 3.19. The Morgan fingerprint density at radius 3 is 1.08 bits per heavy atom. The van der Waals surface area contributed by atoms with Crippen LogP contribution >= 0.6 is 33.0 Å². The number of hydrogen-bond donors (Lipinski definition) is 1. The molecule has 0 saturated heterocycles. The first-order valence-corrected chi connectivity index (χ1v) is 20.0. The molecule has 0 aliphatic rings. The van der Waals surface area contributed by atoms with Crippen LogP contribution in [0.25, 0.3) is 32.9 Å². The van der Waals surface area contributed by atoms with E-state index in [-0.39, 0.29) is 24.6 Å². The van der Waals surface area contributed by atoms with Gasteiger partial charge >= 0.3 is 22.8 Å². The maximum atomic E-state index is 10.9. The van der Waals surface area contributed by atoms with Gasteiger partial charge in [-0.15, -0.1) is 0 Å². The summed E-state index contributed by atoms with van der Waals surface area (Å²) in [6, 6.07) is 23.4. The minimum absolute atomic E-state index is 0.0420. The van der Waals surface area contributed by atoms with E-state index in [1.807, 2.05) is 0 Å². The van der Waals surface area contributed by atoms with Gasteiger partial charge < -0.3 is 46.8 Å². The summed E-state index contributed by atoms with van der Waals surface area (Å²) in [5.74, 6) is 0.412. The number of carbonyl (C=O) groups is 3. The van der Waals surface area contributed by atoms with E-state index in [0.29, 0.717) is 39.4 Å². The molecule has 0 unspecified atom stereocenters. The van der Waals surface area contributed by atoms with Crippen molar-refractivity contribution in [2.45, 2.75) is 6.92 Å². The highest BCUT2D eigenvalue weighted by molar-refractivity contribution is 8.26. The minimum Gasteiger partial charge on any atom is -0.486 e. The smallest absolute Gasteiger partial charge is 0.341 e. The molecule has 0 aliphatic carbocycles. The number of halogens is 3. The lowest BCUT2D eigenvalue weighted by molar-refractivity contribution is -0.139. The third-order valence-corrected chi connectivity index (χ3v) is 6.04. The Balaban J connectivity index is 0.000000774. The number of hydrogen-bond acceptors (Lipinski definition) is 16. The van der Waals surface area contributed by atoms with Crippen molar-refractivity contribution in [3.8, 4) is 17.2 Å². The van der Waals surface area contributed by atoms with Crippen LogP contribution in [0.5, 0.6) is 17.2 Å². The summed E-state index contributed by atoms with van der Waals surface area (Å²) < 4.78 is 52.0. The molecule has 17 nitrogen and oxygen atoms in total. The first-order valence-electron chi connectivity index (χ1n) is 16.8. The maximum Gasteiger partial charge on any atom is 0.341 e. The van der Waals surface area contributed by atoms with Crippen molar-refractivity contribution in [1.29, 1.82) is 0 Å². The van der Waals surface area contributed by atoms with Crippen molar-refractivity contribution in [1.82, 2.24) is 0 Å². The van der Waals surface area contributed by atoms with Gasteiger partial charge in [0.25, 0.3) is 5.24 Å². The van der Waals surface area contributed by atoms with Crippen LogP contribution in [0, 0.1) is 0 Å². The second-order valence-corrected chi connectivity index (χ2v) is 14.0. The van der Waals surface area contributed by atoms with Crippen LogP contribution in [-0.2, 0) is 37.8 Å². The van der Waals surface area contributed by atoms with Crippen molar-refractivity contribution in [2.24, 2.45) is 0 Å². The second-order valence-electron chi connectivity index (χ2n) is 11.1. The lowest BCUT2D eigenvalue weighted by Crippen LogP contribution is -2.09. The van der Waals surface area contributed by atoms with Crippen molar-refractivity contribution < 1.29 is 65.4 Å². The molecule has 6 aromatic rings. The lowest BCUT2D eigenvalue weighted by atomic mass is 10.2. The molecule has 1 N–H and O–H groups in total. The predicted molar refractivity (Wildman–Crippen MR) is 232 cm³/mol. The van der Waals surface area contributed by atoms with E-state index in [2.05, 4.69) is 35.6 Å².